The average Bonchev–Trinajstić information content (AvgIpc) is 2.59. The third-order valence-electron chi connectivity index (χ3n) is 3.42. The number of rotatable bonds is 6. The SMILES string of the molecule is Cc1nc(C)nc(Nc2ccc3c(O)c(N=[N-])c(SOOO)cc3c2)n1.[K+]. The molecule has 10 nitrogen and oxygen atoms in total. The number of nitrogens with zero attached hydrogens (tertiary/aromatic N) is 5. The van der Waals surface area contributed by atoms with Crippen molar-refractivity contribution in [2.45, 2.75) is 18.7 Å². The number of fused-ring (bicyclic) bond motifs is 1. The van der Waals surface area contributed by atoms with E-state index in [9.17, 15) is 5.11 Å². The van der Waals surface area contributed by atoms with Crippen LogP contribution in [0.3, 0.4) is 0 Å². The van der Waals surface area contributed by atoms with Crippen molar-refractivity contribution in [3.63, 3.8) is 0 Å². The Hall–Kier alpha value is -1.22. The number of phenolic OH excluding ortho intramolecular Hbond substituents is 1. The van der Waals surface area contributed by atoms with Crippen molar-refractivity contribution in [3.8, 4) is 5.75 Å². The Morgan fingerprint density at radius 2 is 1.85 bits per heavy atom. The molecule has 1 aromatic heterocycles. The molecule has 0 radical (unpaired) electrons. The largest absolute Gasteiger partial charge is 1.00 e. The number of anilines is 2. The Balaban J connectivity index is 0.00000261. The summed E-state index contributed by atoms with van der Waals surface area (Å²) in [4.78, 5) is 12.8. The first-order valence-electron chi connectivity index (χ1n) is 7.27. The monoisotopic (exact) mass is 412 g/mol. The molecule has 0 amide bonds. The van der Waals surface area contributed by atoms with Crippen LogP contribution in [0.4, 0.5) is 17.3 Å². The smallest absolute Gasteiger partial charge is 0.706 e. The number of hydrogen-bond donors (Lipinski definition) is 3. The maximum Gasteiger partial charge on any atom is 1.00 e. The van der Waals surface area contributed by atoms with Crippen LogP contribution < -0.4 is 56.7 Å². The van der Waals surface area contributed by atoms with E-state index in [2.05, 4.69) is 34.8 Å². The molecule has 0 aliphatic carbocycles. The molecule has 0 saturated heterocycles. The summed E-state index contributed by atoms with van der Waals surface area (Å²) in [5.41, 5.74) is 9.68. The van der Waals surface area contributed by atoms with Gasteiger partial charge in [0.15, 0.2) is 0 Å². The fourth-order valence-corrected chi connectivity index (χ4v) is 2.94. The Morgan fingerprint density at radius 1 is 1.15 bits per heavy atom. The van der Waals surface area contributed by atoms with Crippen molar-refractivity contribution < 1.29 is 71.1 Å². The summed E-state index contributed by atoms with van der Waals surface area (Å²) in [6, 6.07) is 6.72. The molecule has 2 aromatic carbocycles. The second-order valence-electron chi connectivity index (χ2n) is 5.21. The molecule has 0 fully saturated rings. The average molecular weight is 412 g/mol. The molecule has 3 aromatic rings. The summed E-state index contributed by atoms with van der Waals surface area (Å²) >= 11 is 0.575. The Kier molecular flexibility index (Phi) is 8.02. The first-order chi connectivity index (χ1) is 12.5. The van der Waals surface area contributed by atoms with E-state index < -0.39 is 0 Å². The van der Waals surface area contributed by atoms with Gasteiger partial charge in [0.25, 0.3) is 0 Å². The molecule has 3 rings (SSSR count). The summed E-state index contributed by atoms with van der Waals surface area (Å²) in [6.45, 7) is 3.54. The molecular weight excluding hydrogens is 399 g/mol. The van der Waals surface area contributed by atoms with E-state index in [4.69, 9.17) is 10.8 Å². The van der Waals surface area contributed by atoms with Gasteiger partial charge in [-0.3, -0.25) is 0 Å². The van der Waals surface area contributed by atoms with Gasteiger partial charge < -0.3 is 21.1 Å². The van der Waals surface area contributed by atoms with Gasteiger partial charge in [0.05, 0.1) is 22.6 Å². The Morgan fingerprint density at radius 3 is 2.48 bits per heavy atom. The molecule has 134 valence electrons. The van der Waals surface area contributed by atoms with E-state index in [-0.39, 0.29) is 67.7 Å². The van der Waals surface area contributed by atoms with Crippen LogP contribution in [0.2, 0.25) is 0 Å². The van der Waals surface area contributed by atoms with Gasteiger partial charge in [0.2, 0.25) is 5.95 Å². The molecule has 0 saturated carbocycles. The predicted octanol–water partition coefficient (Wildman–Crippen LogP) is 1.18. The van der Waals surface area contributed by atoms with E-state index in [1.54, 1.807) is 38.1 Å². The van der Waals surface area contributed by atoms with Gasteiger partial charge in [-0.2, -0.15) is 9.97 Å². The van der Waals surface area contributed by atoms with Crippen molar-refractivity contribution in [1.29, 1.82) is 0 Å². The fraction of sp³-hybridized carbons (Fsp3) is 0.133. The molecule has 0 bridgehead atoms. The Bertz CT molecular complexity index is 970. The number of aryl methyl sites for hydroxylation is 2. The van der Waals surface area contributed by atoms with Crippen molar-refractivity contribution in [2.24, 2.45) is 5.11 Å². The number of phenols is 1. The molecule has 1 heterocycles. The maximum atomic E-state index is 10.3. The maximum absolute atomic E-state index is 10.3. The summed E-state index contributed by atoms with van der Waals surface area (Å²) in [5, 5.41) is 29.3. The van der Waals surface area contributed by atoms with Crippen molar-refractivity contribution in [2.75, 3.05) is 5.32 Å². The van der Waals surface area contributed by atoms with Gasteiger partial charge >= 0.3 is 51.4 Å². The minimum atomic E-state index is -0.243. The third-order valence-corrected chi connectivity index (χ3v) is 4.04. The van der Waals surface area contributed by atoms with Crippen molar-refractivity contribution >= 4 is 40.1 Å². The molecule has 0 unspecified atom stereocenters. The molecule has 3 N–H and O–H groups in total. The molecule has 0 aliphatic heterocycles. The molecule has 0 spiro atoms. The molecule has 0 atom stereocenters. The minimum Gasteiger partial charge on any atom is -0.706 e. The van der Waals surface area contributed by atoms with Crippen LogP contribution >= 0.6 is 12.0 Å². The number of aromatic hydroxyl groups is 1. The van der Waals surface area contributed by atoms with E-state index >= 15 is 0 Å². The van der Waals surface area contributed by atoms with Crippen LogP contribution in [-0.2, 0) is 9.37 Å². The fourth-order valence-electron chi connectivity index (χ4n) is 2.44. The number of nitrogens with one attached hydrogen (secondary N) is 1. The van der Waals surface area contributed by atoms with Gasteiger partial charge in [0, 0.05) is 11.1 Å². The van der Waals surface area contributed by atoms with Crippen molar-refractivity contribution in [3.05, 3.63) is 41.4 Å². The van der Waals surface area contributed by atoms with Crippen LogP contribution in [-0.4, -0.2) is 25.3 Å². The zero-order chi connectivity index (χ0) is 18.7. The van der Waals surface area contributed by atoms with Crippen LogP contribution in [0, 0.1) is 13.8 Å². The van der Waals surface area contributed by atoms with Gasteiger partial charge in [-0.1, -0.05) is 5.04 Å². The summed E-state index contributed by atoms with van der Waals surface area (Å²) in [6.07, 6.45) is 0. The quantitative estimate of drug-likeness (QED) is 0.179. The molecule has 27 heavy (non-hydrogen) atoms. The molecule has 12 heteroatoms. The summed E-state index contributed by atoms with van der Waals surface area (Å²) < 4.78 is 4.37. The van der Waals surface area contributed by atoms with E-state index in [1.807, 2.05) is 0 Å². The number of benzene rings is 2. The normalized spacial score (nSPS) is 10.5. The van der Waals surface area contributed by atoms with Crippen LogP contribution in [0.1, 0.15) is 11.6 Å². The molecule has 0 aliphatic rings. The number of hydrogen-bond acceptors (Lipinski definition) is 10. The van der Waals surface area contributed by atoms with Crippen LogP contribution in [0.5, 0.6) is 5.75 Å². The standard InChI is InChI=1S/C15H13N6O4S.K/c1-7-17-8(2)19-15(18-7)20-10-3-4-11-9(5-10)6-12(26-25-24-23)13(21-16)14(11)22;/h3-6,22-23H,1-2H3,(H,17,18,19,20);/q-1;+1. The predicted molar refractivity (Wildman–Crippen MR) is 94.3 cm³/mol. The topological polar surface area (TPSA) is 144 Å². The van der Waals surface area contributed by atoms with Gasteiger partial charge in [0.1, 0.15) is 17.4 Å². The second kappa shape index (κ2) is 9.81. The van der Waals surface area contributed by atoms with Gasteiger partial charge in [-0.15, -0.1) is 4.33 Å². The minimum absolute atomic E-state index is 0. The van der Waals surface area contributed by atoms with E-state index in [0.717, 1.165) is 0 Å². The van der Waals surface area contributed by atoms with Crippen molar-refractivity contribution in [1.82, 2.24) is 15.0 Å². The van der Waals surface area contributed by atoms with Gasteiger partial charge in [-0.05, 0) is 43.5 Å². The summed E-state index contributed by atoms with van der Waals surface area (Å²) in [5.74, 6) is 1.33. The van der Waals surface area contributed by atoms with Gasteiger partial charge in [-0.25, -0.2) is 10.2 Å². The third kappa shape index (κ3) is 5.19. The first-order valence-corrected chi connectivity index (χ1v) is 8.02. The molecular formula is C15H13KN6O4S. The number of aromatic nitrogens is 3. The van der Waals surface area contributed by atoms with Crippen LogP contribution in [0.15, 0.2) is 34.3 Å². The zero-order valence-corrected chi connectivity index (χ0v) is 18.6. The van der Waals surface area contributed by atoms with E-state index in [0.29, 0.717) is 46.1 Å². The first kappa shape index (κ1) is 22.1. The van der Waals surface area contributed by atoms with Crippen LogP contribution in [0.25, 0.3) is 16.3 Å². The second-order valence-corrected chi connectivity index (χ2v) is 5.95. The zero-order valence-electron chi connectivity index (χ0n) is 14.7. The van der Waals surface area contributed by atoms with E-state index in [1.165, 1.54) is 0 Å². The summed E-state index contributed by atoms with van der Waals surface area (Å²) in [7, 11) is 0. The Labute approximate surface area is 200 Å².